The Balaban J connectivity index is 0.945. The number of rotatable bonds is 16. The number of aryl methyl sites for hydroxylation is 2. The van der Waals surface area contributed by atoms with Gasteiger partial charge in [-0.3, -0.25) is 9.97 Å². The van der Waals surface area contributed by atoms with Crippen molar-refractivity contribution in [1.82, 2.24) is 9.97 Å². The van der Waals surface area contributed by atoms with Gasteiger partial charge in [0, 0.05) is 22.2 Å². The average molecular weight is 689 g/mol. The zero-order chi connectivity index (χ0) is 33.8. The summed E-state index contributed by atoms with van der Waals surface area (Å²) in [4.78, 5) is 10.4. The molecule has 0 radical (unpaired) electrons. The molecule has 0 saturated heterocycles. The van der Waals surface area contributed by atoms with Crippen LogP contribution in [0.5, 0.6) is 0 Å². The third kappa shape index (κ3) is 8.92. The van der Waals surface area contributed by atoms with Gasteiger partial charge in [0.2, 0.25) is 0 Å². The van der Waals surface area contributed by atoms with Crippen LogP contribution in [0.1, 0.15) is 49.9 Å². The molecule has 7 aromatic rings. The molecule has 2 aromatic heterocycles. The summed E-state index contributed by atoms with van der Waals surface area (Å²) in [6.07, 6.45) is 11.7. The smallest absolute Gasteiger partial charge is 0.0967 e. The van der Waals surface area contributed by atoms with Crippen LogP contribution in [0.3, 0.4) is 0 Å². The molecule has 0 unspecified atom stereocenters. The first-order valence-electron chi connectivity index (χ1n) is 18.3. The van der Waals surface area contributed by atoms with Gasteiger partial charge >= 0.3 is 0 Å². The molecule has 2 heterocycles. The molecule has 50 heavy (non-hydrogen) atoms. The highest BCUT2D eigenvalue weighted by atomic mass is 31.1. The van der Waals surface area contributed by atoms with Crippen LogP contribution < -0.4 is 21.2 Å². The summed E-state index contributed by atoms with van der Waals surface area (Å²) in [5, 5.41) is 8.26. The summed E-state index contributed by atoms with van der Waals surface area (Å²) in [6.45, 7) is 0. The third-order valence-electron chi connectivity index (χ3n) is 9.54. The number of fused-ring (bicyclic) bond motifs is 3. The summed E-state index contributed by atoms with van der Waals surface area (Å²) in [5.41, 5.74) is 4.46. The second kappa shape index (κ2) is 17.6. The normalized spacial score (nSPS) is 11.6. The number of hydrogen-bond donors (Lipinski definition) is 0. The maximum atomic E-state index is 5.20. The Bertz CT molecular complexity index is 1840. The molecule has 0 amide bonds. The zero-order valence-corrected chi connectivity index (χ0v) is 30.7. The first-order chi connectivity index (χ1) is 24.8. The van der Waals surface area contributed by atoms with Crippen LogP contribution in [0.15, 0.2) is 158 Å². The number of unbranched alkanes of at least 4 members (excludes halogenated alkanes) is 4. The molecule has 4 heteroatoms. The van der Waals surface area contributed by atoms with Gasteiger partial charge in [-0.25, -0.2) is 0 Å². The molecule has 0 spiro atoms. The van der Waals surface area contributed by atoms with Crippen LogP contribution >= 0.6 is 15.8 Å². The van der Waals surface area contributed by atoms with Crippen LogP contribution in [0.25, 0.3) is 21.8 Å². The fourth-order valence-corrected chi connectivity index (χ4v) is 11.7. The van der Waals surface area contributed by atoms with E-state index in [0.717, 1.165) is 36.7 Å². The van der Waals surface area contributed by atoms with Gasteiger partial charge in [-0.15, -0.1) is 0 Å². The Morgan fingerprint density at radius 1 is 0.320 bits per heavy atom. The lowest BCUT2D eigenvalue weighted by Gasteiger charge is -2.18. The van der Waals surface area contributed by atoms with E-state index in [1.165, 1.54) is 81.4 Å². The van der Waals surface area contributed by atoms with E-state index < -0.39 is 0 Å². The van der Waals surface area contributed by atoms with Gasteiger partial charge in [-0.1, -0.05) is 158 Å². The van der Waals surface area contributed by atoms with E-state index in [1.54, 1.807) is 0 Å². The highest BCUT2D eigenvalue weighted by Crippen LogP contribution is 2.36. The van der Waals surface area contributed by atoms with Crippen molar-refractivity contribution >= 4 is 58.9 Å². The van der Waals surface area contributed by atoms with Crippen molar-refractivity contribution in [2.45, 2.75) is 51.4 Å². The Hall–Kier alpha value is -4.22. The van der Waals surface area contributed by atoms with Crippen LogP contribution in [0.2, 0.25) is 0 Å². The zero-order valence-electron chi connectivity index (χ0n) is 28.9. The lowest BCUT2D eigenvalue weighted by molar-refractivity contribution is 0.711. The minimum atomic E-state index is -0.321. The molecule has 2 nitrogen and oxygen atoms in total. The lowest BCUT2D eigenvalue weighted by atomic mass is 10.1. The molecule has 0 fully saturated rings. The van der Waals surface area contributed by atoms with E-state index in [2.05, 4.69) is 158 Å². The molecule has 0 atom stereocenters. The molecule has 0 aliphatic heterocycles. The standard InChI is InChI=1S/C46H46N2P2/c1-9-21-41(22-10-1)49(42-23-11-2-12-24-42)35-17-5-7-19-39-33-31-37-29-30-38-32-34-40(48-46(38)45(37)47-39)20-8-6-18-36-50(43-25-13-3-14-26-43)44-27-15-4-16-28-44/h1-4,9-16,21-34H,5-8,17-20,35-36H2. The summed E-state index contributed by atoms with van der Waals surface area (Å²) in [7, 11) is -0.643. The topological polar surface area (TPSA) is 25.8 Å². The fraction of sp³-hybridized carbons (Fsp3) is 0.217. The van der Waals surface area contributed by atoms with E-state index in [1.807, 2.05) is 0 Å². The van der Waals surface area contributed by atoms with Crippen molar-refractivity contribution in [2.75, 3.05) is 12.3 Å². The average Bonchev–Trinajstić information content (AvgIpc) is 3.19. The third-order valence-corrected chi connectivity index (χ3v) is 14.7. The van der Waals surface area contributed by atoms with Crippen LogP contribution in [-0.4, -0.2) is 22.3 Å². The van der Waals surface area contributed by atoms with Crippen molar-refractivity contribution in [1.29, 1.82) is 0 Å². The molecule has 0 saturated carbocycles. The van der Waals surface area contributed by atoms with E-state index in [9.17, 15) is 0 Å². The van der Waals surface area contributed by atoms with Crippen molar-refractivity contribution in [3.05, 3.63) is 169 Å². The van der Waals surface area contributed by atoms with E-state index in [0.29, 0.717) is 0 Å². The molecular formula is C46H46N2P2. The Labute approximate surface area is 300 Å². The molecule has 250 valence electrons. The fourth-order valence-electron chi connectivity index (χ4n) is 6.88. The van der Waals surface area contributed by atoms with Crippen LogP contribution in [0.4, 0.5) is 0 Å². The van der Waals surface area contributed by atoms with Gasteiger partial charge in [0.25, 0.3) is 0 Å². The predicted octanol–water partition coefficient (Wildman–Crippen LogP) is 10.5. The molecular weight excluding hydrogens is 642 g/mol. The number of nitrogens with zero attached hydrogens (tertiary/aromatic N) is 2. The van der Waals surface area contributed by atoms with Crippen molar-refractivity contribution in [3.8, 4) is 0 Å². The monoisotopic (exact) mass is 688 g/mol. The first-order valence-corrected chi connectivity index (χ1v) is 21.3. The van der Waals surface area contributed by atoms with Crippen molar-refractivity contribution in [2.24, 2.45) is 0 Å². The van der Waals surface area contributed by atoms with Crippen molar-refractivity contribution in [3.63, 3.8) is 0 Å². The first kappa shape index (κ1) is 34.2. The molecule has 0 aliphatic carbocycles. The van der Waals surface area contributed by atoms with Crippen LogP contribution in [-0.2, 0) is 12.8 Å². The summed E-state index contributed by atoms with van der Waals surface area (Å²) < 4.78 is 0. The minimum Gasteiger partial charge on any atom is -0.251 e. The molecule has 0 bridgehead atoms. The molecule has 7 rings (SSSR count). The molecule has 0 aliphatic rings. The lowest BCUT2D eigenvalue weighted by Crippen LogP contribution is -2.13. The number of hydrogen-bond acceptors (Lipinski definition) is 2. The SMILES string of the molecule is c1ccc(P(CCCCCc2ccc3ccc4ccc(CCCCCP(c5ccccc5)c5ccccc5)nc4c3n2)c2ccccc2)cc1. The maximum absolute atomic E-state index is 5.20. The highest BCUT2D eigenvalue weighted by molar-refractivity contribution is 7.73. The largest absolute Gasteiger partial charge is 0.251 e. The van der Waals surface area contributed by atoms with Crippen molar-refractivity contribution < 1.29 is 0 Å². The second-order valence-corrected chi connectivity index (χ2v) is 17.8. The molecule has 0 N–H and O–H groups in total. The van der Waals surface area contributed by atoms with E-state index >= 15 is 0 Å². The van der Waals surface area contributed by atoms with Gasteiger partial charge in [-0.2, -0.15) is 0 Å². The quantitative estimate of drug-likeness (QED) is 0.0574. The Morgan fingerprint density at radius 2 is 0.640 bits per heavy atom. The van der Waals surface area contributed by atoms with Gasteiger partial charge in [-0.05, 0) is 100 Å². The van der Waals surface area contributed by atoms with E-state index in [4.69, 9.17) is 9.97 Å². The number of aromatic nitrogens is 2. The van der Waals surface area contributed by atoms with Gasteiger partial charge < -0.3 is 0 Å². The predicted molar refractivity (Wildman–Crippen MR) is 220 cm³/mol. The second-order valence-electron chi connectivity index (χ2n) is 13.1. The van der Waals surface area contributed by atoms with Gasteiger partial charge in [0.1, 0.15) is 0 Å². The number of benzene rings is 5. The van der Waals surface area contributed by atoms with Gasteiger partial charge in [0.15, 0.2) is 0 Å². The molecule has 5 aromatic carbocycles. The minimum absolute atomic E-state index is 0.321. The Kier molecular flexibility index (Phi) is 12.1. The van der Waals surface area contributed by atoms with Gasteiger partial charge in [0.05, 0.1) is 11.0 Å². The Morgan fingerprint density at radius 3 is 0.980 bits per heavy atom. The summed E-state index contributed by atoms with van der Waals surface area (Å²) in [5.74, 6) is 0. The highest BCUT2D eigenvalue weighted by Gasteiger charge is 2.14. The van der Waals surface area contributed by atoms with E-state index in [-0.39, 0.29) is 15.8 Å². The number of pyridine rings is 2. The maximum Gasteiger partial charge on any atom is 0.0967 e. The summed E-state index contributed by atoms with van der Waals surface area (Å²) >= 11 is 0. The summed E-state index contributed by atoms with van der Waals surface area (Å²) in [6, 6.07) is 57.6. The van der Waals surface area contributed by atoms with Crippen LogP contribution in [0, 0.1) is 0 Å².